The van der Waals surface area contributed by atoms with E-state index in [1.807, 2.05) is 0 Å². The first-order chi connectivity index (χ1) is 9.42. The Morgan fingerprint density at radius 1 is 1.15 bits per heavy atom. The van der Waals surface area contributed by atoms with E-state index >= 15 is 0 Å². The summed E-state index contributed by atoms with van der Waals surface area (Å²) >= 11 is 3.34. The van der Waals surface area contributed by atoms with Gasteiger partial charge in [-0.3, -0.25) is 0 Å². The Morgan fingerprint density at radius 2 is 1.80 bits per heavy atom. The number of halogens is 1. The number of sulfone groups is 1. The Morgan fingerprint density at radius 3 is 2.35 bits per heavy atom. The SMILES string of the molecule is COc1ccc(CS(=O)(=O)c2ccc(N)cc2)cc1Br. The smallest absolute Gasteiger partial charge is 0.182 e. The van der Waals surface area contributed by atoms with Gasteiger partial charge in [-0.15, -0.1) is 0 Å². The van der Waals surface area contributed by atoms with Crippen molar-refractivity contribution in [1.82, 2.24) is 0 Å². The van der Waals surface area contributed by atoms with E-state index < -0.39 is 9.84 Å². The van der Waals surface area contributed by atoms with Crippen molar-refractivity contribution in [3.63, 3.8) is 0 Å². The molecule has 0 aliphatic rings. The van der Waals surface area contributed by atoms with Crippen molar-refractivity contribution in [3.05, 3.63) is 52.5 Å². The van der Waals surface area contributed by atoms with Crippen molar-refractivity contribution in [2.24, 2.45) is 0 Å². The van der Waals surface area contributed by atoms with Crippen molar-refractivity contribution >= 4 is 31.5 Å². The van der Waals surface area contributed by atoms with E-state index in [-0.39, 0.29) is 10.6 Å². The number of nitrogens with two attached hydrogens (primary N) is 1. The molecule has 0 unspecified atom stereocenters. The van der Waals surface area contributed by atoms with E-state index in [9.17, 15) is 8.42 Å². The third kappa shape index (κ3) is 3.32. The molecule has 2 aromatic carbocycles. The highest BCUT2D eigenvalue weighted by molar-refractivity contribution is 9.10. The van der Waals surface area contributed by atoms with Crippen molar-refractivity contribution < 1.29 is 13.2 Å². The van der Waals surface area contributed by atoms with Crippen LogP contribution in [-0.2, 0) is 15.6 Å². The van der Waals surface area contributed by atoms with Gasteiger partial charge in [-0.1, -0.05) is 6.07 Å². The summed E-state index contributed by atoms with van der Waals surface area (Å²) < 4.78 is 30.4. The summed E-state index contributed by atoms with van der Waals surface area (Å²) in [6.07, 6.45) is 0. The summed E-state index contributed by atoms with van der Waals surface area (Å²) in [5.41, 5.74) is 6.79. The fourth-order valence-corrected chi connectivity index (χ4v) is 3.70. The van der Waals surface area contributed by atoms with E-state index in [4.69, 9.17) is 10.5 Å². The second-order valence-electron chi connectivity index (χ2n) is 4.30. The van der Waals surface area contributed by atoms with Crippen LogP contribution in [0.3, 0.4) is 0 Å². The summed E-state index contributed by atoms with van der Waals surface area (Å²) in [7, 11) is -1.82. The molecule has 4 nitrogen and oxygen atoms in total. The van der Waals surface area contributed by atoms with Crippen molar-refractivity contribution in [1.29, 1.82) is 0 Å². The van der Waals surface area contributed by atoms with Crippen LogP contribution in [0.2, 0.25) is 0 Å². The summed E-state index contributed by atoms with van der Waals surface area (Å²) in [5.74, 6) is 0.595. The third-order valence-electron chi connectivity index (χ3n) is 2.81. The average molecular weight is 356 g/mol. The number of hydrogen-bond donors (Lipinski definition) is 1. The monoisotopic (exact) mass is 355 g/mol. The first kappa shape index (κ1) is 14.9. The van der Waals surface area contributed by atoms with E-state index in [0.717, 1.165) is 4.47 Å². The van der Waals surface area contributed by atoms with Crippen molar-refractivity contribution in [3.8, 4) is 5.75 Å². The maximum Gasteiger partial charge on any atom is 0.182 e. The minimum Gasteiger partial charge on any atom is -0.496 e. The van der Waals surface area contributed by atoms with Gasteiger partial charge in [-0.2, -0.15) is 0 Å². The fraction of sp³-hybridized carbons (Fsp3) is 0.143. The Balaban J connectivity index is 2.28. The molecular weight excluding hydrogens is 342 g/mol. The highest BCUT2D eigenvalue weighted by Gasteiger charge is 2.16. The summed E-state index contributed by atoms with van der Waals surface area (Å²) in [6, 6.07) is 11.4. The molecule has 0 amide bonds. The first-order valence-electron chi connectivity index (χ1n) is 5.83. The van der Waals surface area contributed by atoms with Crippen LogP contribution >= 0.6 is 15.9 Å². The standard InChI is InChI=1S/C14H14BrNO3S/c1-19-14-7-2-10(8-13(14)15)9-20(17,18)12-5-3-11(16)4-6-12/h2-8H,9,16H2,1H3. The van der Waals surface area contributed by atoms with Gasteiger partial charge >= 0.3 is 0 Å². The minimum absolute atomic E-state index is 0.0699. The maximum atomic E-state index is 12.3. The van der Waals surface area contributed by atoms with E-state index in [1.54, 1.807) is 37.4 Å². The number of rotatable bonds is 4. The second kappa shape index (κ2) is 5.85. The molecule has 20 heavy (non-hydrogen) atoms. The van der Waals surface area contributed by atoms with Gasteiger partial charge in [0, 0.05) is 5.69 Å². The summed E-state index contributed by atoms with van der Waals surface area (Å²) in [4.78, 5) is 0.263. The van der Waals surface area contributed by atoms with E-state index in [0.29, 0.717) is 17.0 Å². The van der Waals surface area contributed by atoms with Crippen LogP contribution in [0.15, 0.2) is 51.8 Å². The second-order valence-corrected chi connectivity index (χ2v) is 7.14. The zero-order valence-electron chi connectivity index (χ0n) is 10.8. The van der Waals surface area contributed by atoms with Gasteiger partial charge in [0.25, 0.3) is 0 Å². The average Bonchev–Trinajstić information content (AvgIpc) is 2.39. The molecule has 0 heterocycles. The highest BCUT2D eigenvalue weighted by atomic mass is 79.9. The van der Waals surface area contributed by atoms with Gasteiger partial charge in [0.2, 0.25) is 0 Å². The predicted octanol–water partition coefficient (Wildman–Crippen LogP) is 3.01. The molecule has 0 radical (unpaired) electrons. The number of hydrogen-bond acceptors (Lipinski definition) is 4. The van der Waals surface area contributed by atoms with Gasteiger partial charge in [0.1, 0.15) is 5.75 Å². The Bertz CT molecular complexity index is 712. The molecule has 0 atom stereocenters. The lowest BCUT2D eigenvalue weighted by atomic mass is 10.2. The lowest BCUT2D eigenvalue weighted by Crippen LogP contribution is -2.05. The molecule has 0 aromatic heterocycles. The Kier molecular flexibility index (Phi) is 4.35. The molecule has 2 rings (SSSR count). The lowest BCUT2D eigenvalue weighted by molar-refractivity contribution is 0.412. The van der Waals surface area contributed by atoms with Crippen LogP contribution in [0.4, 0.5) is 5.69 Å². The lowest BCUT2D eigenvalue weighted by Gasteiger charge is -2.08. The molecular formula is C14H14BrNO3S. The van der Waals surface area contributed by atoms with Crippen molar-refractivity contribution in [2.75, 3.05) is 12.8 Å². The fourth-order valence-electron chi connectivity index (χ4n) is 1.78. The topological polar surface area (TPSA) is 69.4 Å². The quantitative estimate of drug-likeness (QED) is 0.855. The van der Waals surface area contributed by atoms with Crippen LogP contribution in [-0.4, -0.2) is 15.5 Å². The third-order valence-corrected chi connectivity index (χ3v) is 5.14. The molecule has 0 aliphatic carbocycles. The van der Waals surface area contributed by atoms with Gasteiger partial charge in [0.15, 0.2) is 9.84 Å². The van der Waals surface area contributed by atoms with Gasteiger partial charge in [-0.05, 0) is 57.9 Å². The summed E-state index contributed by atoms with van der Waals surface area (Å²) in [6.45, 7) is 0. The zero-order valence-corrected chi connectivity index (χ0v) is 13.2. The molecule has 106 valence electrons. The number of methoxy groups -OCH3 is 1. The molecule has 2 N–H and O–H groups in total. The normalized spacial score (nSPS) is 11.3. The largest absolute Gasteiger partial charge is 0.496 e. The number of nitrogen functional groups attached to an aromatic ring is 1. The first-order valence-corrected chi connectivity index (χ1v) is 8.27. The predicted molar refractivity (Wildman–Crippen MR) is 82.4 cm³/mol. The van der Waals surface area contributed by atoms with E-state index in [2.05, 4.69) is 15.9 Å². The molecule has 0 fully saturated rings. The highest BCUT2D eigenvalue weighted by Crippen LogP contribution is 2.27. The van der Waals surface area contributed by atoms with Gasteiger partial charge < -0.3 is 10.5 Å². The molecule has 0 saturated heterocycles. The van der Waals surface area contributed by atoms with Crippen LogP contribution < -0.4 is 10.5 Å². The molecule has 0 aliphatic heterocycles. The molecule has 0 spiro atoms. The zero-order chi connectivity index (χ0) is 14.8. The summed E-state index contributed by atoms with van der Waals surface area (Å²) in [5, 5.41) is 0. The van der Waals surface area contributed by atoms with Crippen LogP contribution in [0.25, 0.3) is 0 Å². The van der Waals surface area contributed by atoms with Gasteiger partial charge in [0.05, 0.1) is 22.2 Å². The molecule has 0 saturated carbocycles. The number of anilines is 1. The maximum absolute atomic E-state index is 12.3. The number of ether oxygens (including phenoxy) is 1. The van der Waals surface area contributed by atoms with Crippen LogP contribution in [0.5, 0.6) is 5.75 Å². The Labute approximate surface area is 126 Å². The molecule has 0 bridgehead atoms. The van der Waals surface area contributed by atoms with Crippen LogP contribution in [0, 0.1) is 0 Å². The minimum atomic E-state index is -3.38. The van der Waals surface area contributed by atoms with Gasteiger partial charge in [-0.25, -0.2) is 8.42 Å². The van der Waals surface area contributed by atoms with Crippen LogP contribution in [0.1, 0.15) is 5.56 Å². The number of benzene rings is 2. The molecule has 6 heteroatoms. The Hall–Kier alpha value is -1.53. The molecule has 2 aromatic rings. The van der Waals surface area contributed by atoms with E-state index in [1.165, 1.54) is 12.1 Å². The van der Waals surface area contributed by atoms with Crippen molar-refractivity contribution in [2.45, 2.75) is 10.6 Å².